The predicted octanol–water partition coefficient (Wildman–Crippen LogP) is 3.15. The lowest BCUT2D eigenvalue weighted by molar-refractivity contribution is 0.363. The zero-order valence-electron chi connectivity index (χ0n) is 6.79. The van der Waals surface area contributed by atoms with Crippen molar-refractivity contribution >= 4 is 15.9 Å². The Morgan fingerprint density at radius 2 is 2.00 bits per heavy atom. The standard InChI is InChI=1S/C10H11BrO/c1-2-7-12-10-5-3-9(8-11)4-6-10/h2-6H,1,7-8H2. The van der Waals surface area contributed by atoms with Gasteiger partial charge in [-0.2, -0.15) is 0 Å². The Hall–Kier alpha value is -0.760. The molecule has 1 rings (SSSR count). The molecule has 1 aromatic rings. The van der Waals surface area contributed by atoms with Crippen molar-refractivity contribution in [3.05, 3.63) is 42.5 Å². The van der Waals surface area contributed by atoms with Crippen LogP contribution in [0.15, 0.2) is 36.9 Å². The van der Waals surface area contributed by atoms with E-state index in [9.17, 15) is 0 Å². The fraction of sp³-hybridized carbons (Fsp3) is 0.200. The van der Waals surface area contributed by atoms with E-state index < -0.39 is 0 Å². The first-order chi connectivity index (χ1) is 5.86. The molecule has 0 aromatic heterocycles. The van der Waals surface area contributed by atoms with E-state index in [0.29, 0.717) is 6.61 Å². The third-order valence-corrected chi connectivity index (χ3v) is 2.09. The zero-order valence-corrected chi connectivity index (χ0v) is 8.38. The first-order valence-corrected chi connectivity index (χ1v) is 4.87. The summed E-state index contributed by atoms with van der Waals surface area (Å²) in [6.07, 6.45) is 1.73. The number of hydrogen-bond acceptors (Lipinski definition) is 1. The second-order valence-corrected chi connectivity index (χ2v) is 2.94. The number of ether oxygens (including phenoxy) is 1. The molecule has 64 valence electrons. The molecule has 12 heavy (non-hydrogen) atoms. The van der Waals surface area contributed by atoms with Crippen molar-refractivity contribution in [3.8, 4) is 5.75 Å². The summed E-state index contributed by atoms with van der Waals surface area (Å²) in [5.74, 6) is 0.889. The lowest BCUT2D eigenvalue weighted by Crippen LogP contribution is -1.92. The summed E-state index contributed by atoms with van der Waals surface area (Å²) < 4.78 is 5.32. The molecular formula is C10H11BrO. The Kier molecular flexibility index (Phi) is 3.88. The van der Waals surface area contributed by atoms with Crippen LogP contribution in [0.1, 0.15) is 5.56 Å². The van der Waals surface area contributed by atoms with Crippen molar-refractivity contribution in [2.75, 3.05) is 6.61 Å². The fourth-order valence-corrected chi connectivity index (χ4v) is 1.20. The van der Waals surface area contributed by atoms with Crippen molar-refractivity contribution in [2.45, 2.75) is 5.33 Å². The van der Waals surface area contributed by atoms with Crippen LogP contribution in [0.2, 0.25) is 0 Å². The van der Waals surface area contributed by atoms with Crippen molar-refractivity contribution in [1.82, 2.24) is 0 Å². The van der Waals surface area contributed by atoms with Crippen molar-refractivity contribution in [3.63, 3.8) is 0 Å². The highest BCUT2D eigenvalue weighted by Gasteiger charge is 1.91. The topological polar surface area (TPSA) is 9.23 Å². The van der Waals surface area contributed by atoms with Gasteiger partial charge in [0.15, 0.2) is 0 Å². The summed E-state index contributed by atoms with van der Waals surface area (Å²) in [6, 6.07) is 7.99. The smallest absolute Gasteiger partial charge is 0.119 e. The van der Waals surface area contributed by atoms with E-state index in [4.69, 9.17) is 4.74 Å². The van der Waals surface area contributed by atoms with Gasteiger partial charge < -0.3 is 4.74 Å². The van der Waals surface area contributed by atoms with E-state index in [-0.39, 0.29) is 0 Å². The third kappa shape index (κ3) is 2.70. The Morgan fingerprint density at radius 3 is 2.50 bits per heavy atom. The molecule has 0 amide bonds. The average Bonchev–Trinajstić information content (AvgIpc) is 2.15. The SMILES string of the molecule is C=CCOc1ccc(CBr)cc1. The molecule has 2 heteroatoms. The molecule has 0 saturated heterocycles. The molecular weight excluding hydrogens is 216 g/mol. The van der Waals surface area contributed by atoms with Gasteiger partial charge >= 0.3 is 0 Å². The van der Waals surface area contributed by atoms with Gasteiger partial charge in [0, 0.05) is 5.33 Å². The van der Waals surface area contributed by atoms with Gasteiger partial charge in [0.05, 0.1) is 0 Å². The van der Waals surface area contributed by atoms with E-state index in [1.54, 1.807) is 6.08 Å². The maximum Gasteiger partial charge on any atom is 0.119 e. The van der Waals surface area contributed by atoms with Crippen LogP contribution in [0.3, 0.4) is 0 Å². The van der Waals surface area contributed by atoms with Gasteiger partial charge in [-0.1, -0.05) is 40.7 Å². The quantitative estimate of drug-likeness (QED) is 0.567. The molecule has 0 aliphatic rings. The van der Waals surface area contributed by atoms with E-state index in [0.717, 1.165) is 11.1 Å². The number of hydrogen-bond donors (Lipinski definition) is 0. The number of alkyl halides is 1. The lowest BCUT2D eigenvalue weighted by Gasteiger charge is -2.02. The average molecular weight is 227 g/mol. The molecule has 0 aliphatic carbocycles. The van der Waals surface area contributed by atoms with Crippen molar-refractivity contribution < 1.29 is 4.74 Å². The molecule has 1 nitrogen and oxygen atoms in total. The molecule has 0 aliphatic heterocycles. The summed E-state index contributed by atoms with van der Waals surface area (Å²) in [4.78, 5) is 0. The number of halogens is 1. The highest BCUT2D eigenvalue weighted by atomic mass is 79.9. The van der Waals surface area contributed by atoms with Crippen molar-refractivity contribution in [2.24, 2.45) is 0 Å². The predicted molar refractivity (Wildman–Crippen MR) is 54.8 cm³/mol. The molecule has 0 fully saturated rings. The maximum absolute atomic E-state index is 5.32. The molecule has 0 unspecified atom stereocenters. The van der Waals surface area contributed by atoms with E-state index in [2.05, 4.69) is 22.5 Å². The second-order valence-electron chi connectivity index (χ2n) is 2.38. The van der Waals surface area contributed by atoms with Crippen molar-refractivity contribution in [1.29, 1.82) is 0 Å². The van der Waals surface area contributed by atoms with Crippen LogP contribution in [0.4, 0.5) is 0 Å². The first kappa shape index (κ1) is 9.33. The molecule has 1 aromatic carbocycles. The van der Waals surface area contributed by atoms with Crippen LogP contribution in [-0.4, -0.2) is 6.61 Å². The normalized spacial score (nSPS) is 9.42. The van der Waals surface area contributed by atoms with Crippen LogP contribution in [-0.2, 0) is 5.33 Å². The molecule has 0 radical (unpaired) electrons. The zero-order chi connectivity index (χ0) is 8.81. The molecule has 0 spiro atoms. The van der Waals surface area contributed by atoms with Crippen LogP contribution in [0.5, 0.6) is 5.75 Å². The van der Waals surface area contributed by atoms with Gasteiger partial charge in [0.25, 0.3) is 0 Å². The van der Waals surface area contributed by atoms with E-state index in [1.807, 2.05) is 24.3 Å². The highest BCUT2D eigenvalue weighted by Crippen LogP contribution is 2.13. The van der Waals surface area contributed by atoms with Gasteiger partial charge in [-0.15, -0.1) is 0 Å². The van der Waals surface area contributed by atoms with Crippen LogP contribution >= 0.6 is 15.9 Å². The van der Waals surface area contributed by atoms with Gasteiger partial charge in [0.1, 0.15) is 12.4 Å². The minimum Gasteiger partial charge on any atom is -0.490 e. The lowest BCUT2D eigenvalue weighted by atomic mass is 10.2. The summed E-state index contributed by atoms with van der Waals surface area (Å²) in [6.45, 7) is 4.14. The largest absolute Gasteiger partial charge is 0.490 e. The molecule has 0 atom stereocenters. The summed E-state index contributed by atoms with van der Waals surface area (Å²) in [7, 11) is 0. The summed E-state index contributed by atoms with van der Waals surface area (Å²) in [5, 5.41) is 0.884. The van der Waals surface area contributed by atoms with Crippen LogP contribution in [0, 0.1) is 0 Å². The molecule has 0 saturated carbocycles. The Labute approximate surface area is 81.2 Å². The van der Waals surface area contributed by atoms with Crippen LogP contribution in [0.25, 0.3) is 0 Å². The van der Waals surface area contributed by atoms with E-state index >= 15 is 0 Å². The van der Waals surface area contributed by atoms with Gasteiger partial charge in [0.2, 0.25) is 0 Å². The third-order valence-electron chi connectivity index (χ3n) is 1.45. The maximum atomic E-state index is 5.32. The van der Waals surface area contributed by atoms with Gasteiger partial charge in [-0.05, 0) is 17.7 Å². The highest BCUT2D eigenvalue weighted by molar-refractivity contribution is 9.08. The molecule has 0 N–H and O–H groups in total. The summed E-state index contributed by atoms with van der Waals surface area (Å²) in [5.41, 5.74) is 1.25. The van der Waals surface area contributed by atoms with Crippen LogP contribution < -0.4 is 4.74 Å². The second kappa shape index (κ2) is 4.99. The van der Waals surface area contributed by atoms with E-state index in [1.165, 1.54) is 5.56 Å². The molecule has 0 heterocycles. The number of rotatable bonds is 4. The Bertz CT molecular complexity index is 241. The summed E-state index contributed by atoms with van der Waals surface area (Å²) >= 11 is 3.38. The molecule has 0 bridgehead atoms. The minimum absolute atomic E-state index is 0.563. The van der Waals surface area contributed by atoms with Gasteiger partial charge in [-0.25, -0.2) is 0 Å². The minimum atomic E-state index is 0.563. The Balaban J connectivity index is 2.58. The van der Waals surface area contributed by atoms with Gasteiger partial charge in [-0.3, -0.25) is 0 Å². The Morgan fingerprint density at radius 1 is 1.33 bits per heavy atom. The first-order valence-electron chi connectivity index (χ1n) is 3.75. The monoisotopic (exact) mass is 226 g/mol. The fourth-order valence-electron chi connectivity index (χ4n) is 0.830. The number of benzene rings is 1.